The van der Waals surface area contributed by atoms with E-state index in [1.165, 1.54) is 4.57 Å². The molecule has 0 spiro atoms. The number of rotatable bonds is 7. The predicted octanol–water partition coefficient (Wildman–Crippen LogP) is 0.736. The van der Waals surface area contributed by atoms with E-state index in [4.69, 9.17) is 5.73 Å². The molecule has 8 heteroatoms. The van der Waals surface area contributed by atoms with Crippen molar-refractivity contribution in [3.05, 3.63) is 56.7 Å². The van der Waals surface area contributed by atoms with Crippen molar-refractivity contribution < 1.29 is 4.21 Å². The molecule has 0 bridgehead atoms. The number of aromatic nitrogens is 2. The Balaban J connectivity index is 2.29. The molecule has 2 unspecified atom stereocenters. The van der Waals surface area contributed by atoms with Gasteiger partial charge in [0.15, 0.2) is 0 Å². The highest BCUT2D eigenvalue weighted by Crippen LogP contribution is 2.14. The summed E-state index contributed by atoms with van der Waals surface area (Å²) in [6.07, 6.45) is 2.26. The van der Waals surface area contributed by atoms with Gasteiger partial charge in [0.2, 0.25) is 0 Å². The fraction of sp³-hybridized carbons (Fsp3) is 0.375. The summed E-state index contributed by atoms with van der Waals surface area (Å²) in [5, 5.41) is 3.02. The molecule has 1 aromatic heterocycles. The minimum atomic E-state index is -0.902. The Bertz CT molecular complexity index is 829. The van der Waals surface area contributed by atoms with Crippen LogP contribution in [0.25, 0.3) is 0 Å². The van der Waals surface area contributed by atoms with Gasteiger partial charge in [-0.15, -0.1) is 0 Å². The summed E-state index contributed by atoms with van der Waals surface area (Å²) in [5.74, 6) is 0.618. The van der Waals surface area contributed by atoms with Crippen molar-refractivity contribution in [2.75, 3.05) is 23.1 Å². The van der Waals surface area contributed by atoms with E-state index in [0.29, 0.717) is 12.2 Å². The number of nitrogens with two attached hydrogens (primary N) is 1. The van der Waals surface area contributed by atoms with Crippen molar-refractivity contribution in [1.82, 2.24) is 9.55 Å². The normalized spacial score (nSPS) is 13.4. The fourth-order valence-electron chi connectivity index (χ4n) is 2.31. The molecule has 0 amide bonds. The average Bonchev–Trinajstić information content (AvgIpc) is 2.54. The summed E-state index contributed by atoms with van der Waals surface area (Å²) in [6.45, 7) is 2.14. The monoisotopic (exact) mass is 350 g/mol. The van der Waals surface area contributed by atoms with E-state index in [2.05, 4.69) is 10.3 Å². The number of nitrogens with zero attached hydrogens (tertiary/aromatic N) is 1. The van der Waals surface area contributed by atoms with E-state index < -0.39 is 22.0 Å². The molecular weight excluding hydrogens is 328 g/mol. The zero-order chi connectivity index (χ0) is 17.7. The van der Waals surface area contributed by atoms with Gasteiger partial charge < -0.3 is 11.1 Å². The van der Waals surface area contributed by atoms with Crippen LogP contribution in [0.4, 0.5) is 11.5 Å². The van der Waals surface area contributed by atoms with Gasteiger partial charge in [0, 0.05) is 28.9 Å². The molecule has 2 aromatic rings. The lowest BCUT2D eigenvalue weighted by Crippen LogP contribution is -2.35. The molecule has 0 aliphatic heterocycles. The number of aromatic amines is 1. The van der Waals surface area contributed by atoms with E-state index >= 15 is 0 Å². The average molecular weight is 350 g/mol. The molecule has 0 aliphatic carbocycles. The Morgan fingerprint density at radius 3 is 2.58 bits per heavy atom. The van der Waals surface area contributed by atoms with Gasteiger partial charge in [-0.25, -0.2) is 4.79 Å². The van der Waals surface area contributed by atoms with Crippen molar-refractivity contribution in [2.45, 2.75) is 25.9 Å². The molecule has 24 heavy (non-hydrogen) atoms. The Kier molecular flexibility index (Phi) is 5.97. The highest BCUT2D eigenvalue weighted by Gasteiger charge is 2.15. The van der Waals surface area contributed by atoms with Crippen molar-refractivity contribution >= 4 is 22.3 Å². The third-order valence-corrected chi connectivity index (χ3v) is 4.46. The van der Waals surface area contributed by atoms with Gasteiger partial charge in [-0.05, 0) is 18.9 Å². The van der Waals surface area contributed by atoms with Gasteiger partial charge in [0.1, 0.15) is 11.5 Å². The van der Waals surface area contributed by atoms with Crippen molar-refractivity contribution in [2.24, 2.45) is 0 Å². The van der Waals surface area contributed by atoms with Crippen LogP contribution >= 0.6 is 0 Å². The first kappa shape index (κ1) is 18.0. The molecule has 2 rings (SSSR count). The van der Waals surface area contributed by atoms with Crippen LogP contribution in [-0.4, -0.2) is 31.8 Å². The number of hydrogen-bond donors (Lipinski definition) is 3. The Morgan fingerprint density at radius 2 is 1.96 bits per heavy atom. The molecule has 0 aliphatic rings. The lowest BCUT2D eigenvalue weighted by atomic mass is 10.2. The first-order valence-electron chi connectivity index (χ1n) is 7.61. The maximum Gasteiger partial charge on any atom is 0.330 e. The molecule has 2 atom stereocenters. The van der Waals surface area contributed by atoms with Gasteiger partial charge >= 0.3 is 5.69 Å². The smallest absolute Gasteiger partial charge is 0.330 e. The lowest BCUT2D eigenvalue weighted by molar-refractivity contribution is 0.677. The Labute approximate surface area is 142 Å². The van der Waals surface area contributed by atoms with E-state index in [-0.39, 0.29) is 24.1 Å². The summed E-state index contributed by atoms with van der Waals surface area (Å²) in [6, 6.07) is 9.28. The third kappa shape index (κ3) is 4.58. The van der Waals surface area contributed by atoms with Gasteiger partial charge in [-0.2, -0.15) is 0 Å². The summed E-state index contributed by atoms with van der Waals surface area (Å²) in [5.41, 5.74) is 6.03. The van der Waals surface area contributed by atoms with Crippen LogP contribution < -0.4 is 22.3 Å². The van der Waals surface area contributed by atoms with E-state index in [1.54, 1.807) is 6.26 Å². The van der Waals surface area contributed by atoms with Crippen molar-refractivity contribution in [1.29, 1.82) is 0 Å². The van der Waals surface area contributed by atoms with Crippen molar-refractivity contribution in [3.8, 4) is 0 Å². The molecule has 0 saturated heterocycles. The molecule has 4 N–H and O–H groups in total. The highest BCUT2D eigenvalue weighted by atomic mass is 32.2. The highest BCUT2D eigenvalue weighted by molar-refractivity contribution is 7.84. The standard InChI is InChI=1S/C16H22N4O3S/c1-11(8-9-24(2)23)18-13-14(17)20(16(22)19-15(13)21)10-12-6-4-3-5-7-12/h3-7,11,18H,8-10,17H2,1-2H3,(H,19,21,22). The van der Waals surface area contributed by atoms with Gasteiger partial charge in [0.25, 0.3) is 5.56 Å². The molecule has 130 valence electrons. The Hall–Kier alpha value is -2.35. The van der Waals surface area contributed by atoms with E-state index in [1.807, 2.05) is 37.3 Å². The topological polar surface area (TPSA) is 110 Å². The quantitative estimate of drug-likeness (QED) is 0.682. The summed E-state index contributed by atoms with van der Waals surface area (Å²) < 4.78 is 12.5. The van der Waals surface area contributed by atoms with Crippen LogP contribution in [-0.2, 0) is 17.3 Å². The first-order chi connectivity index (χ1) is 11.4. The molecule has 0 fully saturated rings. The number of benzene rings is 1. The maximum absolute atomic E-state index is 12.1. The summed E-state index contributed by atoms with van der Waals surface area (Å²) in [7, 11) is -0.902. The van der Waals surface area contributed by atoms with Crippen LogP contribution in [0.5, 0.6) is 0 Å². The minimum absolute atomic E-state index is 0.0945. The van der Waals surface area contributed by atoms with E-state index in [0.717, 1.165) is 5.56 Å². The molecule has 1 heterocycles. The number of hydrogen-bond acceptors (Lipinski definition) is 5. The van der Waals surface area contributed by atoms with Crippen LogP contribution in [0.2, 0.25) is 0 Å². The predicted molar refractivity (Wildman–Crippen MR) is 97.9 cm³/mol. The first-order valence-corrected chi connectivity index (χ1v) is 9.34. The lowest BCUT2D eigenvalue weighted by Gasteiger charge is -2.18. The second-order valence-electron chi connectivity index (χ2n) is 5.70. The minimum Gasteiger partial charge on any atom is -0.383 e. The van der Waals surface area contributed by atoms with Crippen LogP contribution in [0.15, 0.2) is 39.9 Å². The van der Waals surface area contributed by atoms with Crippen LogP contribution in [0.3, 0.4) is 0 Å². The summed E-state index contributed by atoms with van der Waals surface area (Å²) >= 11 is 0. The SMILES string of the molecule is CC(CCS(C)=O)Nc1c(N)n(Cc2ccccc2)c(=O)[nH]c1=O. The van der Waals surface area contributed by atoms with E-state index in [9.17, 15) is 13.8 Å². The van der Waals surface area contributed by atoms with Crippen LogP contribution in [0, 0.1) is 0 Å². The fourth-order valence-corrected chi connectivity index (χ4v) is 3.00. The number of nitrogen functional groups attached to an aromatic ring is 1. The second-order valence-corrected chi connectivity index (χ2v) is 7.26. The van der Waals surface area contributed by atoms with Crippen molar-refractivity contribution in [3.63, 3.8) is 0 Å². The zero-order valence-corrected chi connectivity index (χ0v) is 14.6. The Morgan fingerprint density at radius 1 is 1.29 bits per heavy atom. The number of H-pyrrole nitrogens is 1. The molecular formula is C16H22N4O3S. The largest absolute Gasteiger partial charge is 0.383 e. The number of nitrogens with one attached hydrogen (secondary N) is 2. The zero-order valence-electron chi connectivity index (χ0n) is 13.7. The summed E-state index contributed by atoms with van der Waals surface area (Å²) in [4.78, 5) is 26.4. The van der Waals surface area contributed by atoms with Gasteiger partial charge in [-0.3, -0.25) is 18.6 Å². The third-order valence-electron chi connectivity index (χ3n) is 3.65. The molecule has 0 radical (unpaired) electrons. The second kappa shape index (κ2) is 7.96. The molecule has 7 nitrogen and oxygen atoms in total. The molecule has 0 saturated carbocycles. The van der Waals surface area contributed by atoms with Crippen LogP contribution in [0.1, 0.15) is 18.9 Å². The maximum atomic E-state index is 12.1. The van der Waals surface area contributed by atoms with Gasteiger partial charge in [-0.1, -0.05) is 30.3 Å². The van der Waals surface area contributed by atoms with Gasteiger partial charge in [0.05, 0.1) is 6.54 Å². The molecule has 1 aromatic carbocycles. The number of anilines is 2.